The Morgan fingerprint density at radius 2 is 1.35 bits per heavy atom. The van der Waals surface area contributed by atoms with Crippen molar-refractivity contribution in [3.63, 3.8) is 0 Å². The fraction of sp³-hybridized carbons (Fsp3) is 0.842. The quantitative estimate of drug-likeness (QED) is 0.227. The van der Waals surface area contributed by atoms with Crippen LogP contribution in [0.3, 0.4) is 0 Å². The van der Waals surface area contributed by atoms with Crippen molar-refractivity contribution in [3.8, 4) is 0 Å². The van der Waals surface area contributed by atoms with Crippen LogP contribution < -0.4 is 10.6 Å². The highest BCUT2D eigenvalue weighted by Gasteiger charge is 2.17. The van der Waals surface area contributed by atoms with Crippen LogP contribution in [0.4, 0.5) is 0 Å². The Labute approximate surface area is 163 Å². The van der Waals surface area contributed by atoms with Crippen molar-refractivity contribution in [3.05, 3.63) is 0 Å². The van der Waals surface area contributed by atoms with Gasteiger partial charge in [0.1, 0.15) is 6.04 Å². The van der Waals surface area contributed by atoms with Gasteiger partial charge >= 0.3 is 5.97 Å². The van der Waals surface area contributed by atoms with E-state index in [1.165, 1.54) is 51.4 Å². The molecule has 0 bridgehead atoms. The normalized spacial score (nSPS) is 11.8. The van der Waals surface area contributed by atoms with Crippen LogP contribution in [0.5, 0.6) is 0 Å². The number of carboxylic acid groups (broad SMARTS) is 1. The van der Waals surface area contributed by atoms with Gasteiger partial charge in [0, 0.05) is 12.2 Å². The van der Waals surface area contributed by atoms with E-state index in [0.29, 0.717) is 6.42 Å². The summed E-state index contributed by atoms with van der Waals surface area (Å²) in [5, 5.41) is 13.6. The highest BCUT2D eigenvalue weighted by molar-refractivity contribution is 7.80. The summed E-state index contributed by atoms with van der Waals surface area (Å²) in [5.41, 5.74) is 0. The molecule has 2 amide bonds. The van der Waals surface area contributed by atoms with Gasteiger partial charge in [0.25, 0.3) is 0 Å². The Morgan fingerprint density at radius 1 is 0.846 bits per heavy atom. The van der Waals surface area contributed by atoms with Gasteiger partial charge in [0.15, 0.2) is 0 Å². The highest BCUT2D eigenvalue weighted by atomic mass is 32.1. The van der Waals surface area contributed by atoms with E-state index in [0.717, 1.165) is 19.3 Å². The molecule has 0 rings (SSSR count). The molecular formula is C19H36N2O4S. The van der Waals surface area contributed by atoms with Gasteiger partial charge in [0.05, 0.1) is 6.54 Å². The summed E-state index contributed by atoms with van der Waals surface area (Å²) in [7, 11) is 0. The first-order chi connectivity index (χ1) is 12.5. The zero-order chi connectivity index (χ0) is 19.6. The molecule has 0 aliphatic carbocycles. The van der Waals surface area contributed by atoms with Crippen LogP contribution in [0, 0.1) is 0 Å². The molecule has 0 aromatic carbocycles. The lowest BCUT2D eigenvalue weighted by atomic mass is 10.1. The number of amides is 2. The maximum atomic E-state index is 11.7. The van der Waals surface area contributed by atoms with Crippen molar-refractivity contribution in [2.75, 3.05) is 12.3 Å². The van der Waals surface area contributed by atoms with Gasteiger partial charge in [-0.2, -0.15) is 12.6 Å². The average molecular weight is 389 g/mol. The largest absolute Gasteiger partial charge is 0.480 e. The van der Waals surface area contributed by atoms with Gasteiger partial charge in [-0.15, -0.1) is 0 Å². The summed E-state index contributed by atoms with van der Waals surface area (Å²) < 4.78 is 0. The summed E-state index contributed by atoms with van der Waals surface area (Å²) in [6, 6.07) is -1.03. The minimum Gasteiger partial charge on any atom is -0.480 e. The molecule has 0 saturated carbocycles. The lowest BCUT2D eigenvalue weighted by Gasteiger charge is -2.12. The molecule has 0 aliphatic heterocycles. The maximum absolute atomic E-state index is 11.7. The van der Waals surface area contributed by atoms with Crippen molar-refractivity contribution in [2.24, 2.45) is 0 Å². The third-order valence-corrected chi connectivity index (χ3v) is 4.63. The number of nitrogens with one attached hydrogen (secondary N) is 2. The zero-order valence-electron chi connectivity index (χ0n) is 16.1. The van der Waals surface area contributed by atoms with Crippen LogP contribution in [0.15, 0.2) is 0 Å². The van der Waals surface area contributed by atoms with Crippen LogP contribution in [0.25, 0.3) is 0 Å². The molecule has 0 fully saturated rings. The average Bonchev–Trinajstić information content (AvgIpc) is 2.62. The first-order valence-corrected chi connectivity index (χ1v) is 10.5. The molecule has 0 aromatic rings. The molecule has 1 atom stereocenters. The van der Waals surface area contributed by atoms with Gasteiger partial charge in [-0.3, -0.25) is 9.59 Å². The van der Waals surface area contributed by atoms with Crippen LogP contribution in [-0.4, -0.2) is 41.2 Å². The van der Waals surface area contributed by atoms with E-state index in [-0.39, 0.29) is 18.2 Å². The second-order valence-corrected chi connectivity index (χ2v) is 7.07. The van der Waals surface area contributed by atoms with Crippen LogP contribution in [0.2, 0.25) is 0 Å². The SMILES string of the molecule is CCCCCCCCCCCCCC(=O)NCC(=O)N[C@@H](CS)C(=O)O. The van der Waals surface area contributed by atoms with E-state index in [9.17, 15) is 14.4 Å². The summed E-state index contributed by atoms with van der Waals surface area (Å²) in [5.74, 6) is -1.82. The highest BCUT2D eigenvalue weighted by Crippen LogP contribution is 2.11. The number of thiol groups is 1. The number of aliphatic carboxylic acids is 1. The van der Waals surface area contributed by atoms with E-state index < -0.39 is 17.9 Å². The molecule has 7 heteroatoms. The summed E-state index contributed by atoms with van der Waals surface area (Å²) >= 11 is 3.86. The fourth-order valence-electron chi connectivity index (χ4n) is 2.65. The van der Waals surface area contributed by atoms with E-state index >= 15 is 0 Å². The van der Waals surface area contributed by atoms with Crippen molar-refractivity contribution in [2.45, 2.75) is 90.0 Å². The lowest BCUT2D eigenvalue weighted by Crippen LogP contribution is -2.46. The second kappa shape index (κ2) is 17.2. The summed E-state index contributed by atoms with van der Waals surface area (Å²) in [6.45, 7) is 2.03. The van der Waals surface area contributed by atoms with Crippen molar-refractivity contribution in [1.29, 1.82) is 0 Å². The first-order valence-electron chi connectivity index (χ1n) is 9.91. The maximum Gasteiger partial charge on any atom is 0.327 e. The van der Waals surface area contributed by atoms with Crippen molar-refractivity contribution < 1.29 is 19.5 Å². The molecule has 0 aromatic heterocycles. The topological polar surface area (TPSA) is 95.5 Å². The predicted molar refractivity (Wildman–Crippen MR) is 108 cm³/mol. The number of carbonyl (C=O) groups excluding carboxylic acids is 2. The van der Waals surface area contributed by atoms with E-state index in [1.807, 2.05) is 0 Å². The molecule has 0 saturated heterocycles. The van der Waals surface area contributed by atoms with Gasteiger partial charge in [-0.05, 0) is 6.42 Å². The minimum absolute atomic E-state index is 0.00770. The summed E-state index contributed by atoms with van der Waals surface area (Å²) in [6.07, 6.45) is 13.9. The molecule has 0 spiro atoms. The van der Waals surface area contributed by atoms with Crippen molar-refractivity contribution >= 4 is 30.4 Å². The monoisotopic (exact) mass is 388 g/mol. The Kier molecular flexibility index (Phi) is 16.4. The number of hydrogen-bond acceptors (Lipinski definition) is 4. The first kappa shape index (κ1) is 24.8. The molecule has 3 N–H and O–H groups in total. The third-order valence-electron chi connectivity index (χ3n) is 4.27. The molecule has 26 heavy (non-hydrogen) atoms. The molecule has 0 radical (unpaired) electrons. The Balaban J connectivity index is 3.49. The number of hydrogen-bond donors (Lipinski definition) is 4. The van der Waals surface area contributed by atoms with E-state index in [2.05, 4.69) is 30.2 Å². The van der Waals surface area contributed by atoms with Gasteiger partial charge in [-0.1, -0.05) is 71.1 Å². The zero-order valence-corrected chi connectivity index (χ0v) is 17.0. The number of carbonyl (C=O) groups is 3. The molecule has 6 nitrogen and oxygen atoms in total. The van der Waals surface area contributed by atoms with E-state index in [1.54, 1.807) is 0 Å². The Morgan fingerprint density at radius 3 is 1.81 bits per heavy atom. The Hall–Kier alpha value is -1.24. The fourth-order valence-corrected chi connectivity index (χ4v) is 2.90. The lowest BCUT2D eigenvalue weighted by molar-refractivity contribution is -0.141. The molecule has 0 unspecified atom stereocenters. The third kappa shape index (κ3) is 15.0. The van der Waals surface area contributed by atoms with Crippen LogP contribution in [0.1, 0.15) is 84.0 Å². The molecule has 152 valence electrons. The molecule has 0 heterocycles. The van der Waals surface area contributed by atoms with Gasteiger partial charge < -0.3 is 15.7 Å². The van der Waals surface area contributed by atoms with Gasteiger partial charge in [0.2, 0.25) is 11.8 Å². The molecular weight excluding hydrogens is 352 g/mol. The number of unbranched alkanes of at least 4 members (excludes halogenated alkanes) is 10. The van der Waals surface area contributed by atoms with Crippen molar-refractivity contribution in [1.82, 2.24) is 10.6 Å². The summed E-state index contributed by atoms with van der Waals surface area (Å²) in [4.78, 5) is 34.0. The second-order valence-electron chi connectivity index (χ2n) is 6.70. The molecule has 0 aliphatic rings. The standard InChI is InChI=1S/C19H36N2O4S/c1-2-3-4-5-6-7-8-9-10-11-12-13-17(22)20-14-18(23)21-16(15-26)19(24)25/h16,26H,2-15H2,1H3,(H,20,22)(H,21,23)(H,24,25)/t16-/m0/s1. The Bertz CT molecular complexity index is 405. The van der Waals surface area contributed by atoms with Crippen LogP contribution >= 0.6 is 12.6 Å². The number of rotatable bonds is 17. The van der Waals surface area contributed by atoms with E-state index in [4.69, 9.17) is 5.11 Å². The smallest absolute Gasteiger partial charge is 0.327 e. The predicted octanol–water partition coefficient (Wildman–Crippen LogP) is 3.30. The number of carboxylic acids is 1. The minimum atomic E-state index is -1.14. The van der Waals surface area contributed by atoms with Crippen LogP contribution in [-0.2, 0) is 14.4 Å². The van der Waals surface area contributed by atoms with Gasteiger partial charge in [-0.25, -0.2) is 4.79 Å².